The lowest BCUT2D eigenvalue weighted by atomic mass is 10.2. The zero-order valence-electron chi connectivity index (χ0n) is 11.4. The molecule has 0 saturated heterocycles. The van der Waals surface area contributed by atoms with Gasteiger partial charge in [0.15, 0.2) is 5.76 Å². The Morgan fingerprint density at radius 2 is 1.90 bits per heavy atom. The number of amides is 2. The second kappa shape index (κ2) is 7.86. The van der Waals surface area contributed by atoms with E-state index in [2.05, 4.69) is 10.8 Å². The van der Waals surface area contributed by atoms with Crippen molar-refractivity contribution in [1.29, 1.82) is 0 Å². The van der Waals surface area contributed by atoms with Gasteiger partial charge >= 0.3 is 0 Å². The van der Waals surface area contributed by atoms with Gasteiger partial charge in [-0.25, -0.2) is 5.48 Å². The Balaban J connectivity index is 1.58. The van der Waals surface area contributed by atoms with Crippen LogP contribution in [0.3, 0.4) is 0 Å². The number of rotatable bonds is 7. The minimum absolute atomic E-state index is 0.126. The summed E-state index contributed by atoms with van der Waals surface area (Å²) in [5.74, 6) is -0.431. The molecule has 0 spiro atoms. The van der Waals surface area contributed by atoms with Gasteiger partial charge in [-0.1, -0.05) is 30.3 Å². The first kappa shape index (κ1) is 14.8. The van der Waals surface area contributed by atoms with Gasteiger partial charge in [-0.15, -0.1) is 0 Å². The maximum Gasteiger partial charge on any atom is 0.286 e. The molecule has 0 atom stereocenters. The zero-order valence-corrected chi connectivity index (χ0v) is 11.4. The average molecular weight is 288 g/mol. The van der Waals surface area contributed by atoms with E-state index in [9.17, 15) is 9.59 Å². The smallest absolute Gasteiger partial charge is 0.286 e. The molecule has 0 aliphatic carbocycles. The normalized spacial score (nSPS) is 10.1. The third-order valence-corrected chi connectivity index (χ3v) is 2.65. The van der Waals surface area contributed by atoms with Crippen LogP contribution in [0, 0.1) is 0 Å². The number of hydrogen-bond donors (Lipinski definition) is 2. The van der Waals surface area contributed by atoms with Gasteiger partial charge < -0.3 is 9.73 Å². The molecule has 2 amide bonds. The second-order valence-electron chi connectivity index (χ2n) is 4.28. The fourth-order valence-electron chi connectivity index (χ4n) is 1.61. The van der Waals surface area contributed by atoms with Crippen LogP contribution in [-0.4, -0.2) is 18.4 Å². The van der Waals surface area contributed by atoms with Crippen LogP contribution in [0.2, 0.25) is 0 Å². The van der Waals surface area contributed by atoms with Crippen molar-refractivity contribution in [3.05, 3.63) is 60.1 Å². The summed E-state index contributed by atoms with van der Waals surface area (Å²) in [6.07, 6.45) is 1.54. The molecule has 0 bridgehead atoms. The highest BCUT2D eigenvalue weighted by Gasteiger charge is 2.08. The number of nitrogens with one attached hydrogen (secondary N) is 2. The average Bonchev–Trinajstić information content (AvgIpc) is 3.02. The molecular weight excluding hydrogens is 272 g/mol. The van der Waals surface area contributed by atoms with E-state index in [4.69, 9.17) is 9.25 Å². The molecule has 6 nitrogen and oxygen atoms in total. The Morgan fingerprint density at radius 3 is 2.62 bits per heavy atom. The highest BCUT2D eigenvalue weighted by Crippen LogP contribution is 2.00. The van der Waals surface area contributed by atoms with Gasteiger partial charge in [0.05, 0.1) is 12.9 Å². The first-order valence-corrected chi connectivity index (χ1v) is 6.52. The van der Waals surface area contributed by atoms with Gasteiger partial charge in [-0.2, -0.15) is 0 Å². The molecular formula is C15H16N2O4. The molecule has 0 saturated carbocycles. The van der Waals surface area contributed by atoms with Gasteiger partial charge in [-0.05, 0) is 17.7 Å². The lowest BCUT2D eigenvalue weighted by Gasteiger charge is -2.06. The Morgan fingerprint density at radius 1 is 1.10 bits per heavy atom. The van der Waals surface area contributed by atoms with Crippen molar-refractivity contribution in [2.24, 2.45) is 0 Å². The standard InChI is InChI=1S/C15H16N2O4/c18-14(17-21-11-12-5-2-1-3-6-12)8-9-16-15(19)13-7-4-10-20-13/h1-7,10H,8-9,11H2,(H,16,19)(H,17,18). The predicted octanol–water partition coefficient (Wildman–Crippen LogP) is 1.65. The van der Waals surface area contributed by atoms with E-state index in [0.717, 1.165) is 5.56 Å². The Labute approximate surface area is 122 Å². The number of benzene rings is 1. The minimum atomic E-state index is -0.349. The molecule has 6 heteroatoms. The number of hydrogen-bond acceptors (Lipinski definition) is 4. The quantitative estimate of drug-likeness (QED) is 0.759. The van der Waals surface area contributed by atoms with Crippen LogP contribution in [0.15, 0.2) is 53.1 Å². The molecule has 0 aliphatic heterocycles. The summed E-state index contributed by atoms with van der Waals surface area (Å²) in [5, 5.41) is 2.57. The summed E-state index contributed by atoms with van der Waals surface area (Å²) >= 11 is 0. The van der Waals surface area contributed by atoms with Crippen molar-refractivity contribution in [3.8, 4) is 0 Å². The van der Waals surface area contributed by atoms with Crippen LogP contribution in [0.25, 0.3) is 0 Å². The summed E-state index contributed by atoms with van der Waals surface area (Å²) in [7, 11) is 0. The summed E-state index contributed by atoms with van der Waals surface area (Å²) in [6.45, 7) is 0.505. The van der Waals surface area contributed by atoms with Gasteiger partial charge in [0.25, 0.3) is 5.91 Å². The highest BCUT2D eigenvalue weighted by molar-refractivity contribution is 5.91. The molecule has 1 heterocycles. The van der Waals surface area contributed by atoms with Crippen molar-refractivity contribution in [2.75, 3.05) is 6.54 Å². The predicted molar refractivity (Wildman–Crippen MR) is 75.0 cm³/mol. The molecule has 0 radical (unpaired) electrons. The number of carbonyl (C=O) groups is 2. The van der Waals surface area contributed by atoms with E-state index < -0.39 is 0 Å². The Bertz CT molecular complexity index is 567. The van der Waals surface area contributed by atoms with Crippen molar-refractivity contribution < 1.29 is 18.8 Å². The molecule has 110 valence electrons. The van der Waals surface area contributed by atoms with Crippen LogP contribution in [0.5, 0.6) is 0 Å². The van der Waals surface area contributed by atoms with Crippen molar-refractivity contribution in [1.82, 2.24) is 10.8 Å². The van der Waals surface area contributed by atoms with E-state index in [-0.39, 0.29) is 30.5 Å². The fourth-order valence-corrected chi connectivity index (χ4v) is 1.61. The van der Waals surface area contributed by atoms with E-state index in [1.807, 2.05) is 30.3 Å². The van der Waals surface area contributed by atoms with Crippen LogP contribution >= 0.6 is 0 Å². The van der Waals surface area contributed by atoms with Crippen LogP contribution < -0.4 is 10.8 Å². The minimum Gasteiger partial charge on any atom is -0.459 e. The lowest BCUT2D eigenvalue weighted by molar-refractivity contribution is -0.134. The third kappa shape index (κ3) is 5.12. The molecule has 0 aliphatic rings. The molecule has 1 aromatic carbocycles. The van der Waals surface area contributed by atoms with Crippen LogP contribution in [-0.2, 0) is 16.2 Å². The molecule has 2 N–H and O–H groups in total. The summed E-state index contributed by atoms with van der Waals surface area (Å²) in [5.41, 5.74) is 3.29. The monoisotopic (exact) mass is 288 g/mol. The summed E-state index contributed by atoms with van der Waals surface area (Å²) in [6, 6.07) is 12.7. The topological polar surface area (TPSA) is 80.6 Å². The number of furan rings is 1. The van der Waals surface area contributed by atoms with E-state index >= 15 is 0 Å². The highest BCUT2D eigenvalue weighted by atomic mass is 16.6. The molecule has 2 aromatic rings. The van der Waals surface area contributed by atoms with Gasteiger partial charge in [0.2, 0.25) is 5.91 Å². The summed E-state index contributed by atoms with van der Waals surface area (Å²) in [4.78, 5) is 28.1. The van der Waals surface area contributed by atoms with Gasteiger partial charge in [0.1, 0.15) is 0 Å². The second-order valence-corrected chi connectivity index (χ2v) is 4.28. The van der Waals surface area contributed by atoms with E-state index in [1.54, 1.807) is 12.1 Å². The first-order valence-electron chi connectivity index (χ1n) is 6.52. The van der Waals surface area contributed by atoms with Crippen molar-refractivity contribution in [2.45, 2.75) is 13.0 Å². The van der Waals surface area contributed by atoms with Crippen LogP contribution in [0.4, 0.5) is 0 Å². The molecule has 1 aromatic heterocycles. The largest absolute Gasteiger partial charge is 0.459 e. The van der Waals surface area contributed by atoms with Crippen molar-refractivity contribution in [3.63, 3.8) is 0 Å². The SMILES string of the molecule is O=C(CCNC(=O)c1ccco1)NOCc1ccccc1. The molecule has 21 heavy (non-hydrogen) atoms. The van der Waals surface area contributed by atoms with Crippen LogP contribution in [0.1, 0.15) is 22.5 Å². The zero-order chi connectivity index (χ0) is 14.9. The Kier molecular flexibility index (Phi) is 5.54. The molecule has 2 rings (SSSR count). The molecule has 0 fully saturated rings. The number of hydroxylamine groups is 1. The fraction of sp³-hybridized carbons (Fsp3) is 0.200. The Hall–Kier alpha value is -2.60. The van der Waals surface area contributed by atoms with Gasteiger partial charge in [-0.3, -0.25) is 14.4 Å². The third-order valence-electron chi connectivity index (χ3n) is 2.65. The lowest BCUT2D eigenvalue weighted by Crippen LogP contribution is -2.30. The van der Waals surface area contributed by atoms with E-state index in [0.29, 0.717) is 6.61 Å². The maximum atomic E-state index is 11.5. The van der Waals surface area contributed by atoms with E-state index in [1.165, 1.54) is 6.26 Å². The maximum absolute atomic E-state index is 11.5. The molecule has 0 unspecified atom stereocenters. The van der Waals surface area contributed by atoms with Gasteiger partial charge in [0, 0.05) is 13.0 Å². The summed E-state index contributed by atoms with van der Waals surface area (Å²) < 4.78 is 4.93. The first-order chi connectivity index (χ1) is 10.3. The van der Waals surface area contributed by atoms with Crippen molar-refractivity contribution >= 4 is 11.8 Å². The number of carbonyl (C=O) groups excluding carboxylic acids is 2.